The number of ketones is 1. The van der Waals surface area contributed by atoms with Crippen LogP contribution in [0.1, 0.15) is 22.7 Å². The summed E-state index contributed by atoms with van der Waals surface area (Å²) < 4.78 is 5.15. The Morgan fingerprint density at radius 2 is 1.84 bits per heavy atom. The number of hydrogen-bond acceptors (Lipinski definition) is 5. The van der Waals surface area contributed by atoms with Crippen molar-refractivity contribution in [3.8, 4) is 5.75 Å². The Morgan fingerprint density at radius 1 is 1.10 bits per heavy atom. The average molecular weight is 435 g/mol. The Morgan fingerprint density at radius 3 is 2.45 bits per heavy atom. The van der Waals surface area contributed by atoms with Crippen molar-refractivity contribution in [1.82, 2.24) is 4.98 Å². The Labute approximate surface area is 184 Å². The molecule has 2 aromatic carbocycles. The van der Waals surface area contributed by atoms with Gasteiger partial charge in [0.1, 0.15) is 17.3 Å². The highest BCUT2D eigenvalue weighted by Gasteiger charge is 2.47. The van der Waals surface area contributed by atoms with Gasteiger partial charge in [-0.1, -0.05) is 47.5 Å². The van der Waals surface area contributed by atoms with Crippen molar-refractivity contribution in [2.24, 2.45) is 0 Å². The van der Waals surface area contributed by atoms with Crippen molar-refractivity contribution < 1.29 is 19.4 Å². The van der Waals surface area contributed by atoms with Gasteiger partial charge in [0.15, 0.2) is 0 Å². The van der Waals surface area contributed by atoms with Gasteiger partial charge in [0.2, 0.25) is 0 Å². The molecule has 1 N–H and O–H groups in total. The summed E-state index contributed by atoms with van der Waals surface area (Å²) in [4.78, 5) is 31.6. The number of aliphatic hydroxyl groups excluding tert-OH is 1. The fourth-order valence-corrected chi connectivity index (χ4v) is 3.86. The molecule has 7 heteroatoms. The van der Waals surface area contributed by atoms with Gasteiger partial charge in [-0.2, -0.15) is 0 Å². The van der Waals surface area contributed by atoms with Gasteiger partial charge < -0.3 is 9.84 Å². The molecule has 0 unspecified atom stereocenters. The van der Waals surface area contributed by atoms with E-state index in [1.54, 1.807) is 36.5 Å². The number of pyridine rings is 1. The largest absolute Gasteiger partial charge is 0.507 e. The number of methoxy groups -OCH3 is 1. The van der Waals surface area contributed by atoms with Crippen LogP contribution in [-0.4, -0.2) is 28.9 Å². The molecule has 0 spiro atoms. The smallest absolute Gasteiger partial charge is 0.301 e. The van der Waals surface area contributed by atoms with Gasteiger partial charge in [0.25, 0.3) is 5.78 Å². The van der Waals surface area contributed by atoms with Gasteiger partial charge in [-0.25, -0.2) is 4.98 Å². The summed E-state index contributed by atoms with van der Waals surface area (Å²) in [5.41, 5.74) is 1.99. The molecule has 1 aliphatic rings. The maximum Gasteiger partial charge on any atom is 0.301 e. The third-order valence-electron chi connectivity index (χ3n) is 5.16. The van der Waals surface area contributed by atoms with E-state index in [2.05, 4.69) is 4.98 Å². The van der Waals surface area contributed by atoms with Crippen LogP contribution < -0.4 is 9.64 Å². The van der Waals surface area contributed by atoms with Gasteiger partial charge in [-0.05, 0) is 42.8 Å². The van der Waals surface area contributed by atoms with Crippen LogP contribution >= 0.6 is 11.6 Å². The number of carbonyl (C=O) groups excluding carboxylic acids is 2. The molecule has 1 atom stereocenters. The number of Topliss-reactive ketones (excluding diaryl/α,β-unsaturated/α-hetero) is 1. The van der Waals surface area contributed by atoms with E-state index in [0.717, 1.165) is 5.56 Å². The van der Waals surface area contributed by atoms with Crippen molar-refractivity contribution in [3.05, 3.63) is 94.1 Å². The molecule has 1 aliphatic heterocycles. The van der Waals surface area contributed by atoms with Gasteiger partial charge in [0, 0.05) is 11.8 Å². The molecule has 0 saturated carbocycles. The Bertz CT molecular complexity index is 1190. The molecule has 1 aromatic heterocycles. The van der Waals surface area contributed by atoms with Crippen LogP contribution in [0.2, 0.25) is 5.02 Å². The van der Waals surface area contributed by atoms with E-state index in [-0.39, 0.29) is 16.4 Å². The molecule has 0 aliphatic carbocycles. The topological polar surface area (TPSA) is 79.7 Å². The number of rotatable bonds is 4. The number of aryl methyl sites for hydroxylation is 1. The highest BCUT2D eigenvalue weighted by atomic mass is 35.5. The molecule has 2 heterocycles. The van der Waals surface area contributed by atoms with Gasteiger partial charge in [0.05, 0.1) is 23.7 Å². The monoisotopic (exact) mass is 434 g/mol. The molecule has 1 saturated heterocycles. The van der Waals surface area contributed by atoms with Crippen molar-refractivity contribution in [2.75, 3.05) is 12.0 Å². The molecular weight excluding hydrogens is 416 g/mol. The zero-order valence-electron chi connectivity index (χ0n) is 16.9. The first-order valence-electron chi connectivity index (χ1n) is 9.55. The molecule has 6 nitrogen and oxygen atoms in total. The second kappa shape index (κ2) is 8.24. The standard InChI is InChI=1S/C24H19ClN2O4/c1-14-6-8-15(9-7-14)21-20(22(28)16-10-11-18(31-2)17(25)13-16)23(29)24(30)27(21)19-5-3-4-12-26-19/h3-13,21,28H,1-2H3/b22-20+/t21-/m0/s1. The highest BCUT2D eigenvalue weighted by Crippen LogP contribution is 2.42. The first-order valence-corrected chi connectivity index (χ1v) is 9.92. The molecule has 31 heavy (non-hydrogen) atoms. The molecule has 0 bridgehead atoms. The molecule has 1 fully saturated rings. The van der Waals surface area contributed by atoms with E-state index in [1.165, 1.54) is 18.1 Å². The molecular formula is C24H19ClN2O4. The van der Waals surface area contributed by atoms with E-state index in [1.807, 2.05) is 31.2 Å². The summed E-state index contributed by atoms with van der Waals surface area (Å²) in [6.07, 6.45) is 1.55. The fraction of sp³-hybridized carbons (Fsp3) is 0.125. The Hall–Kier alpha value is -3.64. The second-order valence-electron chi connectivity index (χ2n) is 7.12. The number of halogens is 1. The van der Waals surface area contributed by atoms with Crippen LogP contribution in [0.25, 0.3) is 5.76 Å². The Kier molecular flexibility index (Phi) is 5.48. The van der Waals surface area contributed by atoms with Crippen LogP contribution in [0.5, 0.6) is 5.75 Å². The predicted molar refractivity (Wildman–Crippen MR) is 118 cm³/mol. The minimum absolute atomic E-state index is 0.0271. The van der Waals surface area contributed by atoms with Gasteiger partial charge in [-0.15, -0.1) is 0 Å². The first-order chi connectivity index (χ1) is 14.9. The predicted octanol–water partition coefficient (Wildman–Crippen LogP) is 4.68. The highest BCUT2D eigenvalue weighted by molar-refractivity contribution is 6.51. The lowest BCUT2D eigenvalue weighted by molar-refractivity contribution is -0.132. The van der Waals surface area contributed by atoms with Crippen molar-refractivity contribution in [3.63, 3.8) is 0 Å². The molecule has 3 aromatic rings. The lowest BCUT2D eigenvalue weighted by atomic mass is 9.94. The SMILES string of the molecule is COc1ccc(/C(O)=C2\C(=O)C(=O)N(c3ccccn3)[C@H]2c2ccc(C)cc2)cc1Cl. The summed E-state index contributed by atoms with van der Waals surface area (Å²) >= 11 is 6.21. The summed E-state index contributed by atoms with van der Waals surface area (Å²) in [5, 5.41) is 11.4. The Balaban J connectivity index is 1.93. The summed E-state index contributed by atoms with van der Waals surface area (Å²) in [5.74, 6) is -1.11. The number of nitrogens with zero attached hydrogens (tertiary/aromatic N) is 2. The quantitative estimate of drug-likeness (QED) is 0.366. The van der Waals surface area contributed by atoms with Crippen LogP contribution in [0.4, 0.5) is 5.82 Å². The van der Waals surface area contributed by atoms with E-state index in [0.29, 0.717) is 22.7 Å². The summed E-state index contributed by atoms with van der Waals surface area (Å²) in [6.45, 7) is 1.94. The zero-order chi connectivity index (χ0) is 22.1. The fourth-order valence-electron chi connectivity index (χ4n) is 3.60. The number of aliphatic hydroxyl groups is 1. The lowest BCUT2D eigenvalue weighted by Gasteiger charge is -2.24. The normalized spacial score (nSPS) is 17.8. The van der Waals surface area contributed by atoms with Crippen molar-refractivity contribution in [2.45, 2.75) is 13.0 Å². The number of aromatic nitrogens is 1. The number of amides is 1. The molecule has 156 valence electrons. The molecule has 1 amide bonds. The van der Waals surface area contributed by atoms with E-state index >= 15 is 0 Å². The number of anilines is 1. The van der Waals surface area contributed by atoms with Gasteiger partial charge >= 0.3 is 5.91 Å². The third-order valence-corrected chi connectivity index (χ3v) is 5.45. The minimum atomic E-state index is -0.837. The minimum Gasteiger partial charge on any atom is -0.507 e. The van der Waals surface area contributed by atoms with Crippen LogP contribution in [-0.2, 0) is 9.59 Å². The second-order valence-corrected chi connectivity index (χ2v) is 7.52. The molecule has 0 radical (unpaired) electrons. The van der Waals surface area contributed by atoms with E-state index in [9.17, 15) is 14.7 Å². The maximum absolute atomic E-state index is 13.1. The van der Waals surface area contributed by atoms with Crippen molar-refractivity contribution in [1.29, 1.82) is 0 Å². The lowest BCUT2D eigenvalue weighted by Crippen LogP contribution is -2.30. The van der Waals surface area contributed by atoms with Crippen molar-refractivity contribution >= 4 is 34.9 Å². The third kappa shape index (κ3) is 3.66. The van der Waals surface area contributed by atoms with Crippen LogP contribution in [0.15, 0.2) is 72.4 Å². The van der Waals surface area contributed by atoms with E-state index < -0.39 is 17.7 Å². The summed E-state index contributed by atoms with van der Waals surface area (Å²) in [6, 6.07) is 16.4. The number of hydrogen-bond donors (Lipinski definition) is 1. The number of ether oxygens (including phenoxy) is 1. The van der Waals surface area contributed by atoms with Crippen LogP contribution in [0.3, 0.4) is 0 Å². The number of carbonyl (C=O) groups is 2. The average Bonchev–Trinajstić information content (AvgIpc) is 3.05. The van der Waals surface area contributed by atoms with E-state index in [4.69, 9.17) is 16.3 Å². The maximum atomic E-state index is 13.1. The summed E-state index contributed by atoms with van der Waals surface area (Å²) in [7, 11) is 1.48. The van der Waals surface area contributed by atoms with Gasteiger partial charge in [-0.3, -0.25) is 14.5 Å². The zero-order valence-corrected chi connectivity index (χ0v) is 17.6. The molecule has 4 rings (SSSR count). The van der Waals surface area contributed by atoms with Crippen LogP contribution in [0, 0.1) is 6.92 Å². The number of benzene rings is 2. The first kappa shape index (κ1) is 20.6.